The number of rotatable bonds is 3. The molecule has 2 nitrogen and oxygen atoms in total. The summed E-state index contributed by atoms with van der Waals surface area (Å²) in [5, 5.41) is 4.41. The summed E-state index contributed by atoms with van der Waals surface area (Å²) in [6.45, 7) is 5.99. The van der Waals surface area contributed by atoms with Crippen molar-refractivity contribution in [2.45, 2.75) is 33.2 Å². The van der Waals surface area contributed by atoms with Gasteiger partial charge in [-0.15, -0.1) is 11.3 Å². The fourth-order valence-corrected chi connectivity index (χ4v) is 3.29. The number of carbonyl (C=O) groups excluding carboxylic acids is 1. The molecule has 1 heterocycles. The lowest BCUT2D eigenvalue weighted by Gasteiger charge is -2.06. The highest BCUT2D eigenvalue weighted by Crippen LogP contribution is 2.35. The molecule has 18 heavy (non-hydrogen) atoms. The summed E-state index contributed by atoms with van der Waals surface area (Å²) in [4.78, 5) is 12.6. The maximum atomic E-state index is 12.0. The minimum absolute atomic E-state index is 0.0887. The molecule has 1 N–H and O–H groups in total. The highest BCUT2D eigenvalue weighted by atomic mass is 35.5. The van der Waals surface area contributed by atoms with Gasteiger partial charge in [0.15, 0.2) is 0 Å². The monoisotopic (exact) mass is 281 g/mol. The van der Waals surface area contributed by atoms with Gasteiger partial charge in [0.05, 0.1) is 5.02 Å². The summed E-state index contributed by atoms with van der Waals surface area (Å²) in [5.41, 5.74) is 1.26. The molecule has 1 aromatic carbocycles. The fourth-order valence-electron chi connectivity index (χ4n) is 1.80. The van der Waals surface area contributed by atoms with Crippen molar-refractivity contribution in [3.8, 4) is 0 Å². The Labute approximate surface area is 116 Å². The first-order valence-corrected chi connectivity index (χ1v) is 7.24. The topological polar surface area (TPSA) is 29.1 Å². The molecule has 2 aromatic rings. The van der Waals surface area contributed by atoms with Gasteiger partial charge in [-0.3, -0.25) is 4.79 Å². The zero-order chi connectivity index (χ0) is 13.3. The van der Waals surface area contributed by atoms with Gasteiger partial charge in [-0.1, -0.05) is 30.7 Å². The van der Waals surface area contributed by atoms with E-state index in [1.807, 2.05) is 19.9 Å². The van der Waals surface area contributed by atoms with E-state index < -0.39 is 0 Å². The predicted molar refractivity (Wildman–Crippen MR) is 78.8 cm³/mol. The van der Waals surface area contributed by atoms with E-state index in [-0.39, 0.29) is 11.9 Å². The third-order valence-corrected chi connectivity index (χ3v) is 4.38. The molecule has 0 aliphatic rings. The first-order valence-electron chi connectivity index (χ1n) is 6.04. The molecule has 1 amide bonds. The molecule has 2 rings (SSSR count). The third kappa shape index (κ3) is 2.52. The van der Waals surface area contributed by atoms with Crippen LogP contribution in [0.2, 0.25) is 5.02 Å². The number of aryl methyl sites for hydroxylation is 1. The van der Waals surface area contributed by atoms with Crippen LogP contribution in [0, 0.1) is 0 Å². The van der Waals surface area contributed by atoms with Gasteiger partial charge in [0.2, 0.25) is 0 Å². The molecule has 0 unspecified atom stereocenters. The number of thiophene rings is 1. The van der Waals surface area contributed by atoms with Crippen LogP contribution in [0.3, 0.4) is 0 Å². The number of hydrogen-bond acceptors (Lipinski definition) is 2. The molecule has 0 saturated heterocycles. The second-order valence-corrected chi connectivity index (χ2v) is 5.99. The van der Waals surface area contributed by atoms with Gasteiger partial charge in [0.25, 0.3) is 5.91 Å². The molecule has 96 valence electrons. The van der Waals surface area contributed by atoms with Crippen LogP contribution in [-0.2, 0) is 6.42 Å². The number of nitrogens with one attached hydrogen (secondary N) is 1. The maximum Gasteiger partial charge on any atom is 0.263 e. The quantitative estimate of drug-likeness (QED) is 0.895. The van der Waals surface area contributed by atoms with Crippen molar-refractivity contribution in [3.05, 3.63) is 33.7 Å². The van der Waals surface area contributed by atoms with Crippen LogP contribution in [0.5, 0.6) is 0 Å². The Balaban J connectivity index is 2.46. The van der Waals surface area contributed by atoms with Gasteiger partial charge in [0.1, 0.15) is 4.88 Å². The fraction of sp³-hybridized carbons (Fsp3) is 0.357. The summed E-state index contributed by atoms with van der Waals surface area (Å²) in [5.74, 6) is -0.0887. The number of halogens is 1. The molecule has 0 aliphatic carbocycles. The minimum atomic E-state index is -0.0887. The molecular weight excluding hydrogens is 266 g/mol. The van der Waals surface area contributed by atoms with Crippen LogP contribution >= 0.6 is 22.9 Å². The third-order valence-electron chi connectivity index (χ3n) is 2.73. The lowest BCUT2D eigenvalue weighted by atomic mass is 10.1. The second-order valence-electron chi connectivity index (χ2n) is 4.56. The van der Waals surface area contributed by atoms with Crippen LogP contribution in [0.1, 0.15) is 36.0 Å². The Morgan fingerprint density at radius 3 is 2.78 bits per heavy atom. The van der Waals surface area contributed by atoms with E-state index >= 15 is 0 Å². The van der Waals surface area contributed by atoms with Crippen LogP contribution in [0.4, 0.5) is 0 Å². The normalized spacial score (nSPS) is 11.2. The average molecular weight is 282 g/mol. The van der Waals surface area contributed by atoms with Crippen LogP contribution < -0.4 is 5.32 Å². The first-order chi connectivity index (χ1) is 8.52. The zero-order valence-electron chi connectivity index (χ0n) is 10.7. The number of amides is 1. The molecule has 0 atom stereocenters. The predicted octanol–water partition coefficient (Wildman–Crippen LogP) is 4.26. The molecule has 0 aliphatic heterocycles. The number of carbonyl (C=O) groups is 1. The smallest absolute Gasteiger partial charge is 0.263 e. The van der Waals surface area contributed by atoms with E-state index in [4.69, 9.17) is 11.6 Å². The Hall–Kier alpha value is -1.06. The Morgan fingerprint density at radius 1 is 1.44 bits per heavy atom. The summed E-state index contributed by atoms with van der Waals surface area (Å²) in [6, 6.07) is 6.28. The van der Waals surface area contributed by atoms with E-state index in [0.717, 1.165) is 16.5 Å². The molecule has 0 fully saturated rings. The Bertz CT molecular complexity index is 589. The minimum Gasteiger partial charge on any atom is -0.349 e. The molecule has 1 aromatic heterocycles. The number of fused-ring (bicyclic) bond motifs is 1. The lowest BCUT2D eigenvalue weighted by molar-refractivity contribution is 0.0947. The van der Waals surface area contributed by atoms with Gasteiger partial charge in [0, 0.05) is 16.1 Å². The summed E-state index contributed by atoms with van der Waals surface area (Å²) >= 11 is 7.74. The van der Waals surface area contributed by atoms with Gasteiger partial charge in [-0.25, -0.2) is 0 Å². The standard InChI is InChI=1S/C14H16ClNOS/c1-4-9-5-6-10-11(7-9)18-13(12(10)15)14(17)16-8(2)3/h5-8H,4H2,1-3H3,(H,16,17). The van der Waals surface area contributed by atoms with Gasteiger partial charge >= 0.3 is 0 Å². The first kappa shape index (κ1) is 13.4. The lowest BCUT2D eigenvalue weighted by Crippen LogP contribution is -2.29. The van der Waals surface area contributed by atoms with Crippen molar-refractivity contribution >= 4 is 38.9 Å². The van der Waals surface area contributed by atoms with E-state index in [2.05, 4.69) is 24.4 Å². The zero-order valence-corrected chi connectivity index (χ0v) is 12.3. The highest BCUT2D eigenvalue weighted by molar-refractivity contribution is 7.21. The summed E-state index contributed by atoms with van der Waals surface area (Å²) in [7, 11) is 0. The molecule has 0 spiro atoms. The second kappa shape index (κ2) is 5.29. The van der Waals surface area contributed by atoms with Crippen molar-refractivity contribution in [2.75, 3.05) is 0 Å². The van der Waals surface area contributed by atoms with E-state index in [1.165, 1.54) is 16.9 Å². The van der Waals surface area contributed by atoms with E-state index in [0.29, 0.717) is 9.90 Å². The average Bonchev–Trinajstić information content (AvgIpc) is 2.65. The summed E-state index contributed by atoms with van der Waals surface area (Å²) < 4.78 is 1.08. The van der Waals surface area contributed by atoms with Crippen molar-refractivity contribution in [2.24, 2.45) is 0 Å². The number of hydrogen-bond donors (Lipinski definition) is 1. The molecule has 0 bridgehead atoms. The van der Waals surface area contributed by atoms with Crippen molar-refractivity contribution in [1.82, 2.24) is 5.32 Å². The van der Waals surface area contributed by atoms with Gasteiger partial charge < -0.3 is 5.32 Å². The largest absolute Gasteiger partial charge is 0.349 e. The van der Waals surface area contributed by atoms with Crippen molar-refractivity contribution in [3.63, 3.8) is 0 Å². The van der Waals surface area contributed by atoms with Crippen LogP contribution in [-0.4, -0.2) is 11.9 Å². The molecular formula is C14H16ClNOS. The molecule has 0 saturated carbocycles. The van der Waals surface area contributed by atoms with Gasteiger partial charge in [-0.05, 0) is 31.9 Å². The van der Waals surface area contributed by atoms with Crippen molar-refractivity contribution in [1.29, 1.82) is 0 Å². The molecule has 4 heteroatoms. The highest BCUT2D eigenvalue weighted by Gasteiger charge is 2.17. The Morgan fingerprint density at radius 2 is 2.17 bits per heavy atom. The number of benzene rings is 1. The maximum absolute atomic E-state index is 12.0. The van der Waals surface area contributed by atoms with Crippen molar-refractivity contribution < 1.29 is 4.79 Å². The van der Waals surface area contributed by atoms with Crippen LogP contribution in [0.15, 0.2) is 18.2 Å². The summed E-state index contributed by atoms with van der Waals surface area (Å²) in [6.07, 6.45) is 0.985. The SMILES string of the molecule is CCc1ccc2c(Cl)c(C(=O)NC(C)C)sc2c1. The Kier molecular flexibility index (Phi) is 3.93. The van der Waals surface area contributed by atoms with Crippen LogP contribution in [0.25, 0.3) is 10.1 Å². The molecule has 0 radical (unpaired) electrons. The van der Waals surface area contributed by atoms with E-state index in [1.54, 1.807) is 0 Å². The van der Waals surface area contributed by atoms with E-state index in [9.17, 15) is 4.79 Å². The van der Waals surface area contributed by atoms with Gasteiger partial charge in [-0.2, -0.15) is 0 Å².